The maximum Gasteiger partial charge on any atom is 0.110 e. The Morgan fingerprint density at radius 1 is 1.29 bits per heavy atom. The minimum atomic E-state index is 0.0350. The van der Waals surface area contributed by atoms with Crippen LogP contribution >= 0.6 is 11.3 Å². The average Bonchev–Trinajstić information content (AvgIpc) is 3.09. The molecule has 0 saturated heterocycles. The normalized spacial score (nSPS) is 14.4. The van der Waals surface area contributed by atoms with Gasteiger partial charge in [0.25, 0.3) is 0 Å². The highest BCUT2D eigenvalue weighted by atomic mass is 32.1. The summed E-state index contributed by atoms with van der Waals surface area (Å²) in [4.78, 5) is 4.83. The van der Waals surface area contributed by atoms with Crippen molar-refractivity contribution < 1.29 is 0 Å². The summed E-state index contributed by atoms with van der Waals surface area (Å²) >= 11 is 1.72. The van der Waals surface area contributed by atoms with Crippen molar-refractivity contribution in [1.29, 1.82) is 0 Å². The van der Waals surface area contributed by atoms with Crippen molar-refractivity contribution in [1.82, 2.24) is 9.55 Å². The van der Waals surface area contributed by atoms with Crippen molar-refractivity contribution in [2.45, 2.75) is 38.8 Å². The quantitative estimate of drug-likeness (QED) is 0.774. The van der Waals surface area contributed by atoms with E-state index in [0.29, 0.717) is 0 Å². The number of rotatable bonds is 5. The Hall–Kier alpha value is -1.65. The number of aryl methyl sites for hydroxylation is 1. The Labute approximate surface area is 129 Å². The summed E-state index contributed by atoms with van der Waals surface area (Å²) in [5.74, 6) is 1.13. The number of thiophene rings is 1. The second-order valence-electron chi connectivity index (χ2n) is 5.50. The highest BCUT2D eigenvalue weighted by molar-refractivity contribution is 7.08. The van der Waals surface area contributed by atoms with Gasteiger partial charge in [0.15, 0.2) is 0 Å². The molecule has 2 unspecified atom stereocenters. The van der Waals surface area contributed by atoms with Crippen LogP contribution in [-0.2, 0) is 6.42 Å². The monoisotopic (exact) mass is 299 g/mol. The summed E-state index contributed by atoms with van der Waals surface area (Å²) in [6, 6.07) is 10.7. The maximum atomic E-state index is 6.33. The van der Waals surface area contributed by atoms with E-state index in [9.17, 15) is 0 Å². The molecule has 3 nitrogen and oxygen atoms in total. The third-order valence-corrected chi connectivity index (χ3v) is 4.50. The molecule has 0 saturated carbocycles. The fourth-order valence-corrected chi connectivity index (χ4v) is 3.63. The number of nitrogens with two attached hydrogens (primary N) is 1. The SMILES string of the molecule is CCCc1nc2ccccc2n1C(c1ccsc1)C(C)N. The summed E-state index contributed by atoms with van der Waals surface area (Å²) in [5.41, 5.74) is 9.84. The van der Waals surface area contributed by atoms with Crippen LogP contribution < -0.4 is 5.73 Å². The van der Waals surface area contributed by atoms with Crippen LogP contribution in [0.15, 0.2) is 41.1 Å². The molecule has 0 spiro atoms. The second-order valence-corrected chi connectivity index (χ2v) is 6.28. The smallest absolute Gasteiger partial charge is 0.110 e. The number of aromatic nitrogens is 2. The van der Waals surface area contributed by atoms with Crippen LogP contribution in [0.25, 0.3) is 11.0 Å². The number of hydrogen-bond acceptors (Lipinski definition) is 3. The number of imidazole rings is 1. The molecule has 2 aromatic heterocycles. The molecule has 2 heterocycles. The van der Waals surface area contributed by atoms with Crippen molar-refractivity contribution in [2.24, 2.45) is 5.73 Å². The predicted molar refractivity (Wildman–Crippen MR) is 89.8 cm³/mol. The molecule has 0 radical (unpaired) electrons. The van der Waals surface area contributed by atoms with Gasteiger partial charge in [-0.15, -0.1) is 0 Å². The zero-order valence-electron chi connectivity index (χ0n) is 12.5. The first-order valence-electron chi connectivity index (χ1n) is 7.46. The first kappa shape index (κ1) is 14.3. The van der Waals surface area contributed by atoms with Gasteiger partial charge in [-0.1, -0.05) is 19.1 Å². The van der Waals surface area contributed by atoms with Crippen molar-refractivity contribution in [2.75, 3.05) is 0 Å². The number of hydrogen-bond donors (Lipinski definition) is 1. The van der Waals surface area contributed by atoms with E-state index >= 15 is 0 Å². The average molecular weight is 299 g/mol. The molecule has 0 aliphatic rings. The Bertz CT molecular complexity index is 713. The van der Waals surface area contributed by atoms with Crippen LogP contribution in [0.1, 0.15) is 37.7 Å². The molecular weight excluding hydrogens is 278 g/mol. The van der Waals surface area contributed by atoms with Gasteiger partial charge >= 0.3 is 0 Å². The van der Waals surface area contributed by atoms with Gasteiger partial charge < -0.3 is 10.3 Å². The Morgan fingerprint density at radius 2 is 2.10 bits per heavy atom. The standard InChI is InChI=1S/C17H21N3S/c1-3-6-16-19-14-7-4-5-8-15(14)20(16)17(12(2)18)13-9-10-21-11-13/h4-5,7-12,17H,3,6,18H2,1-2H3. The zero-order chi connectivity index (χ0) is 14.8. The molecule has 0 aliphatic heterocycles. The topological polar surface area (TPSA) is 43.8 Å². The van der Waals surface area contributed by atoms with E-state index in [2.05, 4.69) is 53.4 Å². The van der Waals surface area contributed by atoms with E-state index in [4.69, 9.17) is 10.7 Å². The first-order valence-corrected chi connectivity index (χ1v) is 8.40. The highest BCUT2D eigenvalue weighted by Gasteiger charge is 2.23. The number of fused-ring (bicyclic) bond motifs is 1. The Balaban J connectivity index is 2.22. The van der Waals surface area contributed by atoms with Gasteiger partial charge in [-0.25, -0.2) is 4.98 Å². The van der Waals surface area contributed by atoms with Crippen molar-refractivity contribution in [3.05, 3.63) is 52.5 Å². The highest BCUT2D eigenvalue weighted by Crippen LogP contribution is 2.30. The molecule has 3 rings (SSSR count). The minimum Gasteiger partial charge on any atom is -0.326 e. The largest absolute Gasteiger partial charge is 0.326 e. The number of para-hydroxylation sites is 2. The van der Waals surface area contributed by atoms with Gasteiger partial charge in [-0.3, -0.25) is 0 Å². The summed E-state index contributed by atoms with van der Waals surface area (Å²) in [6.07, 6.45) is 2.06. The second kappa shape index (κ2) is 6.00. The molecule has 2 atom stereocenters. The lowest BCUT2D eigenvalue weighted by molar-refractivity contribution is 0.490. The van der Waals surface area contributed by atoms with Crippen LogP contribution in [0.2, 0.25) is 0 Å². The van der Waals surface area contributed by atoms with E-state index in [1.165, 1.54) is 11.1 Å². The molecule has 110 valence electrons. The van der Waals surface area contributed by atoms with Crippen molar-refractivity contribution >= 4 is 22.4 Å². The fourth-order valence-electron chi connectivity index (χ4n) is 2.94. The van der Waals surface area contributed by atoms with Gasteiger partial charge in [-0.2, -0.15) is 11.3 Å². The minimum absolute atomic E-state index is 0.0350. The summed E-state index contributed by atoms with van der Waals surface area (Å²) in [6.45, 7) is 4.27. The van der Waals surface area contributed by atoms with Crippen LogP contribution in [-0.4, -0.2) is 15.6 Å². The lowest BCUT2D eigenvalue weighted by atomic mass is 10.0. The number of benzene rings is 1. The van der Waals surface area contributed by atoms with E-state index in [1.54, 1.807) is 11.3 Å². The lowest BCUT2D eigenvalue weighted by Gasteiger charge is -2.24. The predicted octanol–water partition coefficient (Wildman–Crippen LogP) is 3.99. The van der Waals surface area contributed by atoms with Crippen LogP contribution in [0.3, 0.4) is 0 Å². The lowest BCUT2D eigenvalue weighted by Crippen LogP contribution is -2.31. The van der Waals surface area contributed by atoms with Crippen LogP contribution in [0.4, 0.5) is 0 Å². The van der Waals surface area contributed by atoms with Gasteiger partial charge in [0, 0.05) is 12.5 Å². The van der Waals surface area contributed by atoms with Gasteiger partial charge in [-0.05, 0) is 47.9 Å². The van der Waals surface area contributed by atoms with Gasteiger partial charge in [0.05, 0.1) is 17.1 Å². The third-order valence-electron chi connectivity index (χ3n) is 3.80. The summed E-state index contributed by atoms with van der Waals surface area (Å²) in [5, 5.41) is 4.31. The molecule has 0 aliphatic carbocycles. The molecular formula is C17H21N3S. The van der Waals surface area contributed by atoms with E-state index in [1.807, 2.05) is 6.07 Å². The summed E-state index contributed by atoms with van der Waals surface area (Å²) < 4.78 is 2.34. The van der Waals surface area contributed by atoms with Gasteiger partial charge in [0.2, 0.25) is 0 Å². The third kappa shape index (κ3) is 2.61. The molecule has 0 fully saturated rings. The molecule has 1 aromatic carbocycles. The van der Waals surface area contributed by atoms with Crippen molar-refractivity contribution in [3.8, 4) is 0 Å². The van der Waals surface area contributed by atoms with Crippen molar-refractivity contribution in [3.63, 3.8) is 0 Å². The molecule has 4 heteroatoms. The Morgan fingerprint density at radius 3 is 2.76 bits per heavy atom. The molecule has 0 bridgehead atoms. The zero-order valence-corrected chi connectivity index (χ0v) is 13.3. The van der Waals surface area contributed by atoms with Gasteiger partial charge in [0.1, 0.15) is 5.82 Å². The first-order chi connectivity index (χ1) is 10.2. The molecule has 2 N–H and O–H groups in total. The number of nitrogens with zero attached hydrogens (tertiary/aromatic N) is 2. The maximum absolute atomic E-state index is 6.33. The Kier molecular flexibility index (Phi) is 4.08. The molecule has 21 heavy (non-hydrogen) atoms. The van der Waals surface area contributed by atoms with Crippen LogP contribution in [0.5, 0.6) is 0 Å². The van der Waals surface area contributed by atoms with E-state index in [-0.39, 0.29) is 12.1 Å². The van der Waals surface area contributed by atoms with E-state index in [0.717, 1.165) is 24.2 Å². The fraction of sp³-hybridized carbons (Fsp3) is 0.353. The summed E-state index contributed by atoms with van der Waals surface area (Å²) in [7, 11) is 0. The molecule has 0 amide bonds. The van der Waals surface area contributed by atoms with Crippen LogP contribution in [0, 0.1) is 0 Å². The molecule has 3 aromatic rings. The van der Waals surface area contributed by atoms with E-state index < -0.39 is 0 Å².